The van der Waals surface area contributed by atoms with Gasteiger partial charge in [-0.15, -0.1) is 6.58 Å². The first-order chi connectivity index (χ1) is 8.15. The zero-order chi connectivity index (χ0) is 12.7. The number of rotatable bonds is 7. The first kappa shape index (κ1) is 14.0. The van der Waals surface area contributed by atoms with Crippen LogP contribution in [0.1, 0.15) is 36.5 Å². The minimum Gasteiger partial charge on any atom is -0.313 e. The molecule has 94 valence electrons. The van der Waals surface area contributed by atoms with E-state index in [1.807, 2.05) is 6.08 Å². The van der Waals surface area contributed by atoms with E-state index in [0.29, 0.717) is 6.04 Å². The minimum atomic E-state index is 0.522. The van der Waals surface area contributed by atoms with Crippen LogP contribution in [0.15, 0.2) is 30.9 Å². The van der Waals surface area contributed by atoms with Crippen LogP contribution in [0.3, 0.4) is 0 Å². The molecule has 0 spiro atoms. The van der Waals surface area contributed by atoms with Gasteiger partial charge in [-0.2, -0.15) is 0 Å². The SMILES string of the molecule is C=CCC(Cc1cc(C)cc(C)c1)NCCC. The van der Waals surface area contributed by atoms with Gasteiger partial charge in [-0.25, -0.2) is 0 Å². The quantitative estimate of drug-likeness (QED) is 0.704. The largest absolute Gasteiger partial charge is 0.313 e. The van der Waals surface area contributed by atoms with E-state index in [9.17, 15) is 0 Å². The normalized spacial score (nSPS) is 12.4. The number of benzene rings is 1. The molecule has 0 aromatic heterocycles. The Kier molecular flexibility index (Phi) is 5.99. The highest BCUT2D eigenvalue weighted by Gasteiger charge is 2.07. The first-order valence-corrected chi connectivity index (χ1v) is 6.57. The third kappa shape index (κ3) is 5.18. The van der Waals surface area contributed by atoms with Gasteiger partial charge in [-0.3, -0.25) is 0 Å². The van der Waals surface area contributed by atoms with Crippen LogP contribution in [0.5, 0.6) is 0 Å². The second-order valence-electron chi connectivity index (χ2n) is 4.88. The van der Waals surface area contributed by atoms with Gasteiger partial charge in [0.2, 0.25) is 0 Å². The molecule has 0 fully saturated rings. The Labute approximate surface area is 106 Å². The van der Waals surface area contributed by atoms with Crippen molar-refractivity contribution in [1.29, 1.82) is 0 Å². The summed E-state index contributed by atoms with van der Waals surface area (Å²) in [5.41, 5.74) is 4.14. The van der Waals surface area contributed by atoms with Gasteiger partial charge in [-0.05, 0) is 45.2 Å². The van der Waals surface area contributed by atoms with Crippen molar-refractivity contribution in [1.82, 2.24) is 5.32 Å². The summed E-state index contributed by atoms with van der Waals surface area (Å²) in [6.07, 6.45) is 5.32. The van der Waals surface area contributed by atoms with Gasteiger partial charge >= 0.3 is 0 Å². The second-order valence-corrected chi connectivity index (χ2v) is 4.88. The molecule has 0 heterocycles. The maximum atomic E-state index is 3.85. The number of hydrogen-bond acceptors (Lipinski definition) is 1. The van der Waals surface area contributed by atoms with Gasteiger partial charge < -0.3 is 5.32 Å². The van der Waals surface area contributed by atoms with Gasteiger partial charge in [0.1, 0.15) is 0 Å². The Bertz CT molecular complexity index is 334. The van der Waals surface area contributed by atoms with Gasteiger partial charge in [0.15, 0.2) is 0 Å². The second kappa shape index (κ2) is 7.29. The van der Waals surface area contributed by atoms with E-state index in [4.69, 9.17) is 0 Å². The van der Waals surface area contributed by atoms with Crippen molar-refractivity contribution >= 4 is 0 Å². The molecule has 1 unspecified atom stereocenters. The summed E-state index contributed by atoms with van der Waals surface area (Å²) >= 11 is 0. The number of nitrogens with one attached hydrogen (secondary N) is 1. The summed E-state index contributed by atoms with van der Waals surface area (Å²) in [6.45, 7) is 11.5. The lowest BCUT2D eigenvalue weighted by Crippen LogP contribution is -2.31. The van der Waals surface area contributed by atoms with E-state index in [1.165, 1.54) is 23.1 Å². The fourth-order valence-corrected chi connectivity index (χ4v) is 2.26. The molecule has 0 aliphatic rings. The summed E-state index contributed by atoms with van der Waals surface area (Å²) < 4.78 is 0. The summed E-state index contributed by atoms with van der Waals surface area (Å²) in [7, 11) is 0. The van der Waals surface area contributed by atoms with Crippen LogP contribution >= 0.6 is 0 Å². The molecule has 1 aromatic carbocycles. The average molecular weight is 231 g/mol. The molecule has 0 bridgehead atoms. The lowest BCUT2D eigenvalue weighted by molar-refractivity contribution is 0.512. The maximum Gasteiger partial charge on any atom is 0.0142 e. The molecule has 17 heavy (non-hydrogen) atoms. The molecular weight excluding hydrogens is 206 g/mol. The first-order valence-electron chi connectivity index (χ1n) is 6.57. The van der Waals surface area contributed by atoms with E-state index in [1.54, 1.807) is 0 Å². The Morgan fingerprint density at radius 2 is 1.88 bits per heavy atom. The molecule has 0 saturated heterocycles. The van der Waals surface area contributed by atoms with Crippen LogP contribution in [0.2, 0.25) is 0 Å². The standard InChI is InChI=1S/C16H25N/c1-5-7-16(17-8-6-2)12-15-10-13(3)9-14(4)11-15/h5,9-11,16-17H,1,6-8,12H2,2-4H3. The van der Waals surface area contributed by atoms with Crippen molar-refractivity contribution in [3.05, 3.63) is 47.5 Å². The molecule has 0 saturated carbocycles. The molecule has 1 aromatic rings. The fourth-order valence-electron chi connectivity index (χ4n) is 2.26. The van der Waals surface area contributed by atoms with Gasteiger partial charge in [-0.1, -0.05) is 42.3 Å². The number of aryl methyl sites for hydroxylation is 2. The third-order valence-electron chi connectivity index (χ3n) is 2.90. The van der Waals surface area contributed by atoms with Crippen LogP contribution in [0.4, 0.5) is 0 Å². The Hall–Kier alpha value is -1.08. The number of hydrogen-bond donors (Lipinski definition) is 1. The predicted octanol–water partition coefficient (Wildman–Crippen LogP) is 3.79. The predicted molar refractivity (Wildman–Crippen MR) is 76.5 cm³/mol. The van der Waals surface area contributed by atoms with E-state index in [0.717, 1.165) is 19.4 Å². The minimum absolute atomic E-state index is 0.522. The molecule has 0 aliphatic heterocycles. The maximum absolute atomic E-state index is 3.85. The van der Waals surface area contributed by atoms with E-state index in [-0.39, 0.29) is 0 Å². The molecule has 0 amide bonds. The Balaban J connectivity index is 2.67. The lowest BCUT2D eigenvalue weighted by Gasteiger charge is -2.17. The topological polar surface area (TPSA) is 12.0 Å². The van der Waals surface area contributed by atoms with Crippen molar-refractivity contribution in [2.45, 2.75) is 46.1 Å². The summed E-state index contributed by atoms with van der Waals surface area (Å²) in [6, 6.07) is 7.33. The molecular formula is C16H25N. The zero-order valence-electron chi connectivity index (χ0n) is 11.4. The Morgan fingerprint density at radius 3 is 2.41 bits per heavy atom. The zero-order valence-corrected chi connectivity index (χ0v) is 11.4. The van der Waals surface area contributed by atoms with Crippen LogP contribution < -0.4 is 5.32 Å². The molecule has 1 rings (SSSR count). The van der Waals surface area contributed by atoms with Crippen molar-refractivity contribution in [3.63, 3.8) is 0 Å². The van der Waals surface area contributed by atoms with Gasteiger partial charge in [0, 0.05) is 6.04 Å². The molecule has 1 N–H and O–H groups in total. The average Bonchev–Trinajstić information content (AvgIpc) is 2.24. The van der Waals surface area contributed by atoms with Gasteiger partial charge in [0.25, 0.3) is 0 Å². The van der Waals surface area contributed by atoms with Crippen molar-refractivity contribution in [2.24, 2.45) is 0 Å². The molecule has 0 aliphatic carbocycles. The molecule has 1 heteroatoms. The summed E-state index contributed by atoms with van der Waals surface area (Å²) in [5.74, 6) is 0. The van der Waals surface area contributed by atoms with Crippen LogP contribution in [0.25, 0.3) is 0 Å². The van der Waals surface area contributed by atoms with Gasteiger partial charge in [0.05, 0.1) is 0 Å². The Morgan fingerprint density at radius 1 is 1.24 bits per heavy atom. The van der Waals surface area contributed by atoms with E-state index in [2.05, 4.69) is 50.9 Å². The smallest absolute Gasteiger partial charge is 0.0142 e. The monoisotopic (exact) mass is 231 g/mol. The highest BCUT2D eigenvalue weighted by molar-refractivity contribution is 5.29. The highest BCUT2D eigenvalue weighted by atomic mass is 14.9. The molecule has 0 radical (unpaired) electrons. The van der Waals surface area contributed by atoms with Crippen LogP contribution in [0, 0.1) is 13.8 Å². The van der Waals surface area contributed by atoms with E-state index >= 15 is 0 Å². The summed E-state index contributed by atoms with van der Waals surface area (Å²) in [4.78, 5) is 0. The van der Waals surface area contributed by atoms with Crippen molar-refractivity contribution < 1.29 is 0 Å². The van der Waals surface area contributed by atoms with E-state index < -0.39 is 0 Å². The fraction of sp³-hybridized carbons (Fsp3) is 0.500. The van der Waals surface area contributed by atoms with Crippen molar-refractivity contribution in [3.8, 4) is 0 Å². The third-order valence-corrected chi connectivity index (χ3v) is 2.90. The molecule has 1 nitrogen and oxygen atoms in total. The van der Waals surface area contributed by atoms with Crippen LogP contribution in [-0.4, -0.2) is 12.6 Å². The van der Waals surface area contributed by atoms with Crippen LogP contribution in [-0.2, 0) is 6.42 Å². The lowest BCUT2D eigenvalue weighted by atomic mass is 9.99. The van der Waals surface area contributed by atoms with Crippen molar-refractivity contribution in [2.75, 3.05) is 6.54 Å². The highest BCUT2D eigenvalue weighted by Crippen LogP contribution is 2.12. The summed E-state index contributed by atoms with van der Waals surface area (Å²) in [5, 5.41) is 3.59. The molecule has 1 atom stereocenters.